The van der Waals surface area contributed by atoms with Crippen molar-refractivity contribution >= 4 is 5.91 Å². The Morgan fingerprint density at radius 3 is 2.79 bits per heavy atom. The minimum Gasteiger partial charge on any atom is -0.395 e. The van der Waals surface area contributed by atoms with Gasteiger partial charge in [0.05, 0.1) is 6.61 Å². The van der Waals surface area contributed by atoms with Crippen LogP contribution in [0, 0.1) is 0 Å². The Morgan fingerprint density at radius 2 is 2.29 bits per heavy atom. The Kier molecular flexibility index (Phi) is 4.90. The van der Waals surface area contributed by atoms with Gasteiger partial charge in [0.15, 0.2) is 0 Å². The van der Waals surface area contributed by atoms with Crippen molar-refractivity contribution in [1.82, 2.24) is 4.90 Å². The van der Waals surface area contributed by atoms with E-state index >= 15 is 0 Å². The second-order valence-electron chi connectivity index (χ2n) is 3.59. The molecule has 1 amide bonds. The fourth-order valence-corrected chi connectivity index (χ4v) is 1.39. The number of aliphatic hydroxyl groups excluding tert-OH is 1. The van der Waals surface area contributed by atoms with Crippen LogP contribution in [0.2, 0.25) is 0 Å². The molecule has 0 aliphatic heterocycles. The summed E-state index contributed by atoms with van der Waals surface area (Å²) in [6.45, 7) is 3.28. The molecule has 0 aromatic rings. The first-order valence-electron chi connectivity index (χ1n) is 5.27. The lowest BCUT2D eigenvalue weighted by molar-refractivity contribution is -0.137. The number of aliphatic hydroxyl groups is 1. The fraction of sp³-hybridized carbons (Fsp3) is 0.900. The van der Waals surface area contributed by atoms with E-state index in [1.165, 1.54) is 0 Å². The topological polar surface area (TPSA) is 49.8 Å². The van der Waals surface area contributed by atoms with Crippen LogP contribution in [0.5, 0.6) is 0 Å². The van der Waals surface area contributed by atoms with E-state index < -0.39 is 0 Å². The summed E-state index contributed by atoms with van der Waals surface area (Å²) < 4.78 is 5.18. The van der Waals surface area contributed by atoms with Crippen LogP contribution in [0.4, 0.5) is 0 Å². The SMILES string of the molecule is CCCOCC(=O)N(CCO)C1CC1. The summed E-state index contributed by atoms with van der Waals surface area (Å²) in [5.74, 6) is 0.00926. The monoisotopic (exact) mass is 201 g/mol. The highest BCUT2D eigenvalue weighted by atomic mass is 16.5. The van der Waals surface area contributed by atoms with Crippen LogP contribution < -0.4 is 0 Å². The van der Waals surface area contributed by atoms with Gasteiger partial charge in [-0.2, -0.15) is 0 Å². The van der Waals surface area contributed by atoms with Crippen molar-refractivity contribution in [3.05, 3.63) is 0 Å². The molecule has 0 aromatic carbocycles. The van der Waals surface area contributed by atoms with Gasteiger partial charge in [-0.05, 0) is 19.3 Å². The molecule has 0 saturated heterocycles. The van der Waals surface area contributed by atoms with Gasteiger partial charge >= 0.3 is 0 Å². The third-order valence-corrected chi connectivity index (χ3v) is 2.22. The van der Waals surface area contributed by atoms with Crippen molar-refractivity contribution in [2.75, 3.05) is 26.4 Å². The summed E-state index contributed by atoms with van der Waals surface area (Å²) in [6, 6.07) is 0.361. The minimum absolute atomic E-state index is 0.00926. The first-order valence-corrected chi connectivity index (χ1v) is 5.27. The molecule has 1 N–H and O–H groups in total. The first-order chi connectivity index (χ1) is 6.79. The maximum absolute atomic E-state index is 11.6. The van der Waals surface area contributed by atoms with E-state index in [1.807, 2.05) is 6.92 Å². The molecule has 14 heavy (non-hydrogen) atoms. The van der Waals surface area contributed by atoms with Crippen molar-refractivity contribution in [1.29, 1.82) is 0 Å². The molecular formula is C10H19NO3. The molecule has 1 fully saturated rings. The lowest BCUT2D eigenvalue weighted by Gasteiger charge is -2.21. The lowest BCUT2D eigenvalue weighted by atomic mass is 10.4. The predicted molar refractivity (Wildman–Crippen MR) is 52.9 cm³/mol. The van der Waals surface area contributed by atoms with Crippen molar-refractivity contribution in [2.24, 2.45) is 0 Å². The molecule has 1 rings (SSSR count). The highest BCUT2D eigenvalue weighted by Gasteiger charge is 2.31. The molecule has 0 heterocycles. The minimum atomic E-state index is 0.00926. The second kappa shape index (κ2) is 5.98. The number of nitrogens with zero attached hydrogens (tertiary/aromatic N) is 1. The number of rotatable bonds is 7. The lowest BCUT2D eigenvalue weighted by Crippen LogP contribution is -2.38. The summed E-state index contributed by atoms with van der Waals surface area (Å²) >= 11 is 0. The van der Waals surface area contributed by atoms with Gasteiger partial charge in [-0.15, -0.1) is 0 Å². The predicted octanol–water partition coefficient (Wildman–Crippen LogP) is 0.396. The molecule has 0 bridgehead atoms. The Balaban J connectivity index is 2.23. The van der Waals surface area contributed by atoms with Crippen LogP contribution >= 0.6 is 0 Å². The fourth-order valence-electron chi connectivity index (χ4n) is 1.39. The molecule has 1 aliphatic rings. The standard InChI is InChI=1S/C10H19NO3/c1-2-7-14-8-10(13)11(5-6-12)9-3-4-9/h9,12H,2-8H2,1H3. The van der Waals surface area contributed by atoms with Gasteiger partial charge in [0.25, 0.3) is 0 Å². The van der Waals surface area contributed by atoms with Gasteiger partial charge in [0.2, 0.25) is 5.91 Å². The molecule has 4 nitrogen and oxygen atoms in total. The van der Waals surface area contributed by atoms with E-state index in [-0.39, 0.29) is 19.1 Å². The summed E-state index contributed by atoms with van der Waals surface area (Å²) in [6.07, 6.45) is 3.07. The van der Waals surface area contributed by atoms with E-state index in [1.54, 1.807) is 4.90 Å². The van der Waals surface area contributed by atoms with Crippen LogP contribution in [-0.2, 0) is 9.53 Å². The Morgan fingerprint density at radius 1 is 1.57 bits per heavy atom. The zero-order valence-corrected chi connectivity index (χ0v) is 8.74. The van der Waals surface area contributed by atoms with Crippen molar-refractivity contribution in [3.63, 3.8) is 0 Å². The number of hydrogen-bond donors (Lipinski definition) is 1. The number of amides is 1. The summed E-state index contributed by atoms with van der Waals surface area (Å²) in [5, 5.41) is 8.80. The van der Waals surface area contributed by atoms with E-state index in [0.29, 0.717) is 19.2 Å². The van der Waals surface area contributed by atoms with Crippen LogP contribution in [0.3, 0.4) is 0 Å². The molecule has 0 atom stereocenters. The number of carbonyl (C=O) groups is 1. The highest BCUT2D eigenvalue weighted by Crippen LogP contribution is 2.26. The van der Waals surface area contributed by atoms with Crippen LogP contribution in [0.25, 0.3) is 0 Å². The Labute approximate surface area is 84.8 Å². The molecule has 0 unspecified atom stereocenters. The molecule has 1 aliphatic carbocycles. The summed E-state index contributed by atoms with van der Waals surface area (Å²) in [5.41, 5.74) is 0. The van der Waals surface area contributed by atoms with Crippen molar-refractivity contribution in [3.8, 4) is 0 Å². The largest absolute Gasteiger partial charge is 0.395 e. The van der Waals surface area contributed by atoms with Gasteiger partial charge < -0.3 is 14.7 Å². The van der Waals surface area contributed by atoms with Crippen LogP contribution in [-0.4, -0.2) is 48.3 Å². The average molecular weight is 201 g/mol. The third-order valence-electron chi connectivity index (χ3n) is 2.22. The van der Waals surface area contributed by atoms with E-state index in [4.69, 9.17) is 9.84 Å². The van der Waals surface area contributed by atoms with Gasteiger partial charge in [0, 0.05) is 19.2 Å². The normalized spacial score (nSPS) is 15.6. The molecule has 4 heteroatoms. The van der Waals surface area contributed by atoms with Gasteiger partial charge in [-0.1, -0.05) is 6.92 Å². The summed E-state index contributed by atoms with van der Waals surface area (Å²) in [7, 11) is 0. The molecule has 1 saturated carbocycles. The van der Waals surface area contributed by atoms with E-state index in [9.17, 15) is 4.79 Å². The zero-order chi connectivity index (χ0) is 10.4. The molecule has 0 spiro atoms. The Hall–Kier alpha value is -0.610. The van der Waals surface area contributed by atoms with E-state index in [2.05, 4.69) is 0 Å². The maximum atomic E-state index is 11.6. The van der Waals surface area contributed by atoms with Gasteiger partial charge in [0.1, 0.15) is 6.61 Å². The maximum Gasteiger partial charge on any atom is 0.248 e. The summed E-state index contributed by atoms with van der Waals surface area (Å²) in [4.78, 5) is 13.3. The smallest absolute Gasteiger partial charge is 0.248 e. The van der Waals surface area contributed by atoms with Crippen molar-refractivity contribution < 1.29 is 14.6 Å². The highest BCUT2D eigenvalue weighted by molar-refractivity contribution is 5.78. The first kappa shape index (κ1) is 11.5. The van der Waals surface area contributed by atoms with Crippen LogP contribution in [0.15, 0.2) is 0 Å². The molecular weight excluding hydrogens is 182 g/mol. The average Bonchev–Trinajstić information content (AvgIpc) is 2.98. The van der Waals surface area contributed by atoms with Crippen molar-refractivity contribution in [2.45, 2.75) is 32.2 Å². The zero-order valence-electron chi connectivity index (χ0n) is 8.74. The molecule has 0 aromatic heterocycles. The van der Waals surface area contributed by atoms with Crippen LogP contribution in [0.1, 0.15) is 26.2 Å². The number of carbonyl (C=O) groups excluding carboxylic acids is 1. The second-order valence-corrected chi connectivity index (χ2v) is 3.59. The number of hydrogen-bond acceptors (Lipinski definition) is 3. The van der Waals surface area contributed by atoms with E-state index in [0.717, 1.165) is 19.3 Å². The number of ether oxygens (including phenoxy) is 1. The van der Waals surface area contributed by atoms with Gasteiger partial charge in [-0.25, -0.2) is 0 Å². The third kappa shape index (κ3) is 3.64. The Bertz CT molecular complexity index is 180. The molecule has 0 radical (unpaired) electrons. The molecule has 82 valence electrons. The van der Waals surface area contributed by atoms with Gasteiger partial charge in [-0.3, -0.25) is 4.79 Å². The quantitative estimate of drug-likeness (QED) is 0.606.